The Morgan fingerprint density at radius 1 is 0.933 bits per heavy atom. The van der Waals surface area contributed by atoms with E-state index in [0.29, 0.717) is 62.3 Å². The maximum atomic E-state index is 14.3. The molecule has 4 aromatic rings. The highest BCUT2D eigenvalue weighted by molar-refractivity contribution is 5.91. The van der Waals surface area contributed by atoms with Crippen LogP contribution in [0, 0.1) is 23.7 Å². The fourth-order valence-electron chi connectivity index (χ4n) is 10.8. The number of ether oxygens (including phenoxy) is 3. The standard InChI is InChI=1S/C56H76F3N7O9/c1-8-49-41(31-64-23-20-45(67)21-24-64)25-34(2)13-18-47(68)35(3)26-40(54(36(4)48(69)28-50(70)74-49)75-55-53(72)51(63(6)7)52(71)37(5)73-55)19-22-65(30-38-14-16-42(17-15-38)56(57,58)59)32-43-33-66(62-61-43)44-27-39-11-9-10-12-46(39)60-29-44/h9-18,25,27,29,33,35-37,40-41,45,48-49,51-55,67,69,71-72H,8,19-24,26,28,30-32H2,1-7H3/b18-13+,34-25+/t35-,36+,37-,40+,41-,48-,49-,51+,52-,53-,54-,55+/m1/s1. The Bertz CT molecular complexity index is 2550. The number of aliphatic hydroxyl groups is 4. The lowest BCUT2D eigenvalue weighted by Crippen LogP contribution is -2.63. The van der Waals surface area contributed by atoms with Crippen molar-refractivity contribution in [1.82, 2.24) is 34.7 Å². The fraction of sp³-hybridized carbons (Fsp3) is 0.589. The van der Waals surface area contributed by atoms with Gasteiger partial charge in [-0.1, -0.05) is 74.0 Å². The van der Waals surface area contributed by atoms with Gasteiger partial charge in [-0.2, -0.15) is 13.2 Å². The second kappa shape index (κ2) is 25.9. The van der Waals surface area contributed by atoms with Gasteiger partial charge in [0.2, 0.25) is 0 Å². The third-order valence-electron chi connectivity index (χ3n) is 15.3. The fourth-order valence-corrected chi connectivity index (χ4v) is 10.8. The number of carbonyl (C=O) groups is 2. The number of esters is 1. The van der Waals surface area contributed by atoms with Crippen molar-refractivity contribution in [2.45, 2.75) is 147 Å². The number of ketones is 1. The summed E-state index contributed by atoms with van der Waals surface area (Å²) in [4.78, 5) is 38.8. The minimum Gasteiger partial charge on any atom is -0.462 e. The Balaban J connectivity index is 1.24. The monoisotopic (exact) mass is 1050 g/mol. The zero-order chi connectivity index (χ0) is 54.1. The molecule has 12 atom stereocenters. The molecule has 4 N–H and O–H groups in total. The Hall–Kier alpha value is -4.96. The van der Waals surface area contributed by atoms with E-state index in [-0.39, 0.29) is 43.9 Å². The minimum atomic E-state index is -4.53. The van der Waals surface area contributed by atoms with Gasteiger partial charge in [-0.15, -0.1) is 5.10 Å². The van der Waals surface area contributed by atoms with Gasteiger partial charge in [-0.3, -0.25) is 19.5 Å². The summed E-state index contributed by atoms with van der Waals surface area (Å²) in [5.74, 6) is -3.04. The number of alkyl halides is 3. The van der Waals surface area contributed by atoms with Gasteiger partial charge in [0.05, 0.1) is 77.8 Å². The molecule has 5 heterocycles. The van der Waals surface area contributed by atoms with Gasteiger partial charge in [0.1, 0.15) is 12.2 Å². The Labute approximate surface area is 438 Å². The summed E-state index contributed by atoms with van der Waals surface area (Å²) >= 11 is 0. The van der Waals surface area contributed by atoms with Gasteiger partial charge in [-0.05, 0) is 108 Å². The number of hydrogen-bond acceptors (Lipinski definition) is 15. The van der Waals surface area contributed by atoms with Crippen molar-refractivity contribution in [1.29, 1.82) is 0 Å². The molecule has 2 aromatic heterocycles. The number of allylic oxidation sites excluding steroid dienone is 3. The zero-order valence-electron chi connectivity index (χ0n) is 44.2. The van der Waals surface area contributed by atoms with E-state index in [0.717, 1.165) is 28.6 Å². The number of rotatable bonds is 14. The largest absolute Gasteiger partial charge is 0.462 e. The number of aromatic nitrogens is 4. The Morgan fingerprint density at radius 3 is 2.35 bits per heavy atom. The second-order valence-corrected chi connectivity index (χ2v) is 21.3. The number of para-hydroxylation sites is 1. The topological polar surface area (TPSA) is 196 Å². The lowest BCUT2D eigenvalue weighted by molar-refractivity contribution is -0.304. The number of aliphatic hydroxyl groups excluding tert-OH is 4. The van der Waals surface area contributed by atoms with Crippen LogP contribution in [0.25, 0.3) is 16.6 Å². The predicted octanol–water partition coefficient (Wildman–Crippen LogP) is 6.52. The SMILES string of the molecule is CC[C@H]1OC(=O)C[C@@H](O)[C@H](C)[C@@H](O[C@@H]2O[C@H](C)[C@@H](O)[C@H](N(C)C)[C@H]2O)[C@@H](CCN(Cc2ccc(C(F)(F)F)cc2)Cc2cn(-c3cnc4ccccc4c3)nn2)C[C@@H](C)C(=O)/C=C/C(C)=C/[C@@H]1CN1CCC(O)CC1. The molecule has 0 aliphatic carbocycles. The number of piperidine rings is 1. The van der Waals surface area contributed by atoms with Crippen LogP contribution in [0.5, 0.6) is 0 Å². The number of carbonyl (C=O) groups excluding carboxylic acids is 2. The van der Waals surface area contributed by atoms with Gasteiger partial charge >= 0.3 is 12.1 Å². The molecule has 0 saturated carbocycles. The van der Waals surface area contributed by atoms with Crippen LogP contribution in [0.2, 0.25) is 0 Å². The second-order valence-electron chi connectivity index (χ2n) is 21.3. The molecule has 2 aromatic carbocycles. The summed E-state index contributed by atoms with van der Waals surface area (Å²) in [6.07, 6.45) is -1.62. The van der Waals surface area contributed by atoms with E-state index in [1.165, 1.54) is 12.1 Å². The van der Waals surface area contributed by atoms with Crippen molar-refractivity contribution < 1.29 is 57.4 Å². The minimum absolute atomic E-state index is 0.161. The summed E-state index contributed by atoms with van der Waals surface area (Å²) < 4.78 is 62.1. The normalized spacial score (nSPS) is 30.6. The molecule has 2 saturated heterocycles. The first-order valence-corrected chi connectivity index (χ1v) is 26.3. The average Bonchev–Trinajstić information content (AvgIpc) is 3.84. The van der Waals surface area contributed by atoms with Gasteiger partial charge < -0.3 is 44.4 Å². The number of benzene rings is 2. The van der Waals surface area contributed by atoms with Gasteiger partial charge in [0, 0.05) is 55.9 Å². The van der Waals surface area contributed by atoms with E-state index >= 15 is 0 Å². The van der Waals surface area contributed by atoms with E-state index in [4.69, 9.17) is 14.2 Å². The smallest absolute Gasteiger partial charge is 0.416 e. The molecule has 0 amide bonds. The number of hydrogen-bond donors (Lipinski definition) is 4. The Kier molecular flexibility index (Phi) is 20.0. The van der Waals surface area contributed by atoms with Gasteiger partial charge in [0.15, 0.2) is 12.1 Å². The van der Waals surface area contributed by atoms with Crippen LogP contribution in [-0.4, -0.2) is 162 Å². The number of likely N-dealkylation sites (N-methyl/N-ethyl adjacent to an activating group) is 1. The number of likely N-dealkylation sites (tertiary alicyclic amines) is 1. The Morgan fingerprint density at radius 2 is 1.65 bits per heavy atom. The van der Waals surface area contributed by atoms with Crippen molar-refractivity contribution in [3.8, 4) is 5.69 Å². The van der Waals surface area contributed by atoms with E-state index in [9.17, 15) is 43.2 Å². The maximum absolute atomic E-state index is 14.3. The molecule has 0 spiro atoms. The number of nitrogens with zero attached hydrogens (tertiary/aromatic N) is 7. The molecule has 0 radical (unpaired) electrons. The zero-order valence-corrected chi connectivity index (χ0v) is 44.2. The van der Waals surface area contributed by atoms with Crippen LogP contribution in [0.15, 0.2) is 90.8 Å². The van der Waals surface area contributed by atoms with Crippen LogP contribution >= 0.6 is 0 Å². The summed E-state index contributed by atoms with van der Waals surface area (Å²) in [6, 6.07) is 13.8. The van der Waals surface area contributed by atoms with Crippen LogP contribution in [-0.2, 0) is 43.1 Å². The van der Waals surface area contributed by atoms with Gasteiger partial charge in [0.25, 0.3) is 0 Å². The lowest BCUT2D eigenvalue weighted by Gasteiger charge is -2.46. The van der Waals surface area contributed by atoms with Crippen molar-refractivity contribution >= 4 is 22.7 Å². The predicted molar refractivity (Wildman–Crippen MR) is 276 cm³/mol. The molecule has 0 bridgehead atoms. The highest BCUT2D eigenvalue weighted by atomic mass is 19.4. The van der Waals surface area contributed by atoms with Crippen LogP contribution in [0.3, 0.4) is 0 Å². The summed E-state index contributed by atoms with van der Waals surface area (Å²) in [5, 5.41) is 55.2. The molecule has 3 aliphatic rings. The highest BCUT2D eigenvalue weighted by Crippen LogP contribution is 2.36. The van der Waals surface area contributed by atoms with E-state index < -0.39 is 90.8 Å². The molecule has 410 valence electrons. The van der Waals surface area contributed by atoms with Gasteiger partial charge in [-0.25, -0.2) is 4.68 Å². The van der Waals surface area contributed by atoms with E-state index in [1.807, 2.05) is 62.1 Å². The van der Waals surface area contributed by atoms with Crippen LogP contribution in [0.4, 0.5) is 13.2 Å². The highest BCUT2D eigenvalue weighted by Gasteiger charge is 2.47. The molecule has 2 fully saturated rings. The third kappa shape index (κ3) is 15.4. The van der Waals surface area contributed by atoms with E-state index in [2.05, 4.69) is 20.2 Å². The molecular weight excluding hydrogens is 972 g/mol. The molecule has 3 aliphatic heterocycles. The number of fused-ring (bicyclic) bond motifs is 1. The van der Waals surface area contributed by atoms with Crippen LogP contribution in [0.1, 0.15) is 90.0 Å². The first-order valence-electron chi connectivity index (χ1n) is 26.3. The van der Waals surface area contributed by atoms with Crippen LogP contribution < -0.4 is 0 Å². The first-order chi connectivity index (χ1) is 35.7. The quantitative estimate of drug-likeness (QED) is 0.0997. The van der Waals surface area contributed by atoms with Crippen molar-refractivity contribution in [2.75, 3.05) is 40.3 Å². The summed E-state index contributed by atoms with van der Waals surface area (Å²) in [5.41, 5.74) is 2.67. The molecule has 19 heteroatoms. The first kappa shape index (κ1) is 57.7. The molecular formula is C56H76F3N7O9. The number of cyclic esters (lactones) is 1. The molecule has 0 unspecified atom stereocenters. The third-order valence-corrected chi connectivity index (χ3v) is 15.3. The van der Waals surface area contributed by atoms with Crippen molar-refractivity contribution in [2.24, 2.45) is 23.7 Å². The lowest BCUT2D eigenvalue weighted by atomic mass is 9.79. The number of pyridine rings is 1. The van der Waals surface area contributed by atoms with Crippen molar-refractivity contribution in [3.63, 3.8) is 0 Å². The molecule has 75 heavy (non-hydrogen) atoms. The van der Waals surface area contributed by atoms with E-state index in [1.54, 1.807) is 62.1 Å². The molecule has 16 nitrogen and oxygen atoms in total. The average molecular weight is 1050 g/mol. The molecule has 7 rings (SSSR count). The summed E-state index contributed by atoms with van der Waals surface area (Å²) in [6.45, 7) is 11.7. The summed E-state index contributed by atoms with van der Waals surface area (Å²) in [7, 11) is 3.45. The number of halogens is 3. The maximum Gasteiger partial charge on any atom is 0.416 e. The van der Waals surface area contributed by atoms with Crippen molar-refractivity contribution in [3.05, 3.63) is 108 Å².